The summed E-state index contributed by atoms with van der Waals surface area (Å²) in [6, 6.07) is 15.4. The van der Waals surface area contributed by atoms with Gasteiger partial charge in [-0.25, -0.2) is 0 Å². The van der Waals surface area contributed by atoms with Crippen LogP contribution in [0.25, 0.3) is 32.9 Å². The van der Waals surface area contributed by atoms with Gasteiger partial charge >= 0.3 is 0 Å². The maximum Gasteiger partial charge on any atom is 0.184 e. The highest BCUT2D eigenvalue weighted by molar-refractivity contribution is 6.36. The van der Waals surface area contributed by atoms with E-state index in [0.29, 0.717) is 5.39 Å². The molecule has 0 aliphatic carbocycles. The molecule has 4 rings (SSSR count). The molecule has 23 heavy (non-hydrogen) atoms. The summed E-state index contributed by atoms with van der Waals surface area (Å²) in [5.41, 5.74) is 2.85. The maximum absolute atomic E-state index is 10.4. The molecule has 3 aromatic carbocycles. The van der Waals surface area contributed by atoms with Crippen molar-refractivity contribution >= 4 is 33.4 Å². The van der Waals surface area contributed by atoms with E-state index in [-0.39, 0.29) is 22.0 Å². The minimum absolute atomic E-state index is 0.253. The fraction of sp³-hybridized carbons (Fsp3) is 0. The molecular formula is C18H12ClNO3. The highest BCUT2D eigenvalue weighted by Gasteiger charge is 2.22. The standard InChI is InChI=1S/C18H12ClNO3/c19-14-16(21)13-12-10(9-5-2-1-3-6-9)7-4-8-11(12)20-15(13)18(23)17(14)22/h1-8,20-23H. The van der Waals surface area contributed by atoms with E-state index in [4.69, 9.17) is 11.6 Å². The first-order valence-corrected chi connectivity index (χ1v) is 7.39. The number of aromatic amines is 1. The number of halogens is 1. The minimum atomic E-state index is -0.538. The van der Waals surface area contributed by atoms with E-state index in [1.165, 1.54) is 0 Å². The topological polar surface area (TPSA) is 76.5 Å². The lowest BCUT2D eigenvalue weighted by Gasteiger charge is -2.07. The zero-order valence-electron chi connectivity index (χ0n) is 11.8. The average Bonchev–Trinajstić information content (AvgIpc) is 2.98. The number of phenolic OH excluding ortho intramolecular Hbond substituents is 3. The number of hydrogen-bond acceptors (Lipinski definition) is 3. The van der Waals surface area contributed by atoms with Crippen LogP contribution in [0.3, 0.4) is 0 Å². The van der Waals surface area contributed by atoms with Gasteiger partial charge in [0, 0.05) is 10.9 Å². The van der Waals surface area contributed by atoms with Crippen molar-refractivity contribution in [2.75, 3.05) is 0 Å². The summed E-state index contributed by atoms with van der Waals surface area (Å²) < 4.78 is 0. The van der Waals surface area contributed by atoms with Gasteiger partial charge < -0.3 is 20.3 Å². The Morgan fingerprint density at radius 2 is 1.48 bits per heavy atom. The predicted octanol–water partition coefficient (Wildman–Crippen LogP) is 4.76. The van der Waals surface area contributed by atoms with Gasteiger partial charge in [0.15, 0.2) is 11.5 Å². The van der Waals surface area contributed by atoms with Gasteiger partial charge in [-0.15, -0.1) is 0 Å². The van der Waals surface area contributed by atoms with Crippen LogP contribution in [0.5, 0.6) is 17.2 Å². The molecule has 1 heterocycles. The van der Waals surface area contributed by atoms with E-state index in [2.05, 4.69) is 4.98 Å². The first-order chi connectivity index (χ1) is 11.1. The number of H-pyrrole nitrogens is 1. The number of aromatic nitrogens is 1. The summed E-state index contributed by atoms with van der Waals surface area (Å²) in [6.45, 7) is 0. The Morgan fingerprint density at radius 3 is 2.22 bits per heavy atom. The number of benzene rings is 3. The van der Waals surface area contributed by atoms with Crippen molar-refractivity contribution in [1.82, 2.24) is 4.98 Å². The van der Waals surface area contributed by atoms with Gasteiger partial charge in [0.25, 0.3) is 0 Å². The maximum atomic E-state index is 10.4. The Hall–Kier alpha value is -2.85. The molecule has 0 fully saturated rings. The number of phenols is 3. The molecule has 0 amide bonds. The van der Waals surface area contributed by atoms with Gasteiger partial charge in [-0.1, -0.05) is 54.1 Å². The van der Waals surface area contributed by atoms with E-state index in [1.807, 2.05) is 48.5 Å². The summed E-state index contributed by atoms with van der Waals surface area (Å²) >= 11 is 5.94. The number of aromatic hydroxyl groups is 3. The SMILES string of the molecule is Oc1c(Cl)c(O)c2c([nH]c3cccc(-c4ccccc4)c32)c1O. The highest BCUT2D eigenvalue weighted by atomic mass is 35.5. The Morgan fingerprint density at radius 1 is 0.739 bits per heavy atom. The van der Waals surface area contributed by atoms with Crippen molar-refractivity contribution in [2.24, 2.45) is 0 Å². The number of nitrogens with one attached hydrogen (secondary N) is 1. The van der Waals surface area contributed by atoms with Crippen molar-refractivity contribution in [3.8, 4) is 28.4 Å². The van der Waals surface area contributed by atoms with Crippen LogP contribution in [0.15, 0.2) is 48.5 Å². The molecule has 0 aliphatic rings. The lowest BCUT2D eigenvalue weighted by Crippen LogP contribution is -1.80. The van der Waals surface area contributed by atoms with Gasteiger partial charge in [-0.05, 0) is 17.2 Å². The summed E-state index contributed by atoms with van der Waals surface area (Å²) in [4.78, 5) is 3.04. The normalized spacial score (nSPS) is 11.3. The van der Waals surface area contributed by atoms with E-state index in [0.717, 1.165) is 22.0 Å². The number of fused-ring (bicyclic) bond motifs is 3. The summed E-state index contributed by atoms with van der Waals surface area (Å²) in [6.07, 6.45) is 0. The van der Waals surface area contributed by atoms with Crippen LogP contribution >= 0.6 is 11.6 Å². The molecule has 1 aromatic heterocycles. The van der Waals surface area contributed by atoms with Gasteiger partial charge in [-0.2, -0.15) is 0 Å². The first kappa shape index (κ1) is 13.8. The summed E-state index contributed by atoms with van der Waals surface area (Å²) in [7, 11) is 0. The van der Waals surface area contributed by atoms with E-state index in [9.17, 15) is 15.3 Å². The quantitative estimate of drug-likeness (QED) is 0.301. The van der Waals surface area contributed by atoms with Crippen molar-refractivity contribution in [3.63, 3.8) is 0 Å². The van der Waals surface area contributed by atoms with Gasteiger partial charge in [-0.3, -0.25) is 0 Å². The molecule has 0 radical (unpaired) electrons. The average molecular weight is 326 g/mol. The van der Waals surface area contributed by atoms with Crippen molar-refractivity contribution in [1.29, 1.82) is 0 Å². The van der Waals surface area contributed by atoms with Crippen LogP contribution < -0.4 is 0 Å². The first-order valence-electron chi connectivity index (χ1n) is 7.01. The van der Waals surface area contributed by atoms with E-state index in [1.54, 1.807) is 0 Å². The molecule has 5 heteroatoms. The molecule has 0 unspecified atom stereocenters. The molecular weight excluding hydrogens is 314 g/mol. The zero-order valence-corrected chi connectivity index (χ0v) is 12.6. The van der Waals surface area contributed by atoms with Gasteiger partial charge in [0.1, 0.15) is 10.8 Å². The molecule has 4 aromatic rings. The van der Waals surface area contributed by atoms with Crippen molar-refractivity contribution in [2.45, 2.75) is 0 Å². The molecule has 4 nitrogen and oxygen atoms in total. The van der Waals surface area contributed by atoms with E-state index < -0.39 is 5.75 Å². The summed E-state index contributed by atoms with van der Waals surface area (Å²) in [5.74, 6) is -1.17. The van der Waals surface area contributed by atoms with Gasteiger partial charge in [0.2, 0.25) is 0 Å². The molecule has 0 atom stereocenters. The third-order valence-electron chi connectivity index (χ3n) is 4.02. The van der Waals surface area contributed by atoms with Crippen molar-refractivity contribution < 1.29 is 15.3 Å². The molecule has 4 N–H and O–H groups in total. The van der Waals surface area contributed by atoms with Crippen molar-refractivity contribution in [3.05, 3.63) is 53.6 Å². The molecule has 114 valence electrons. The second kappa shape index (κ2) is 4.83. The van der Waals surface area contributed by atoms with Crippen LogP contribution in [0.2, 0.25) is 5.02 Å². The molecule has 0 saturated carbocycles. The zero-order chi connectivity index (χ0) is 16.1. The smallest absolute Gasteiger partial charge is 0.184 e. The molecule has 0 saturated heterocycles. The lowest BCUT2D eigenvalue weighted by molar-refractivity contribution is 0.402. The van der Waals surface area contributed by atoms with Crippen LogP contribution in [0, 0.1) is 0 Å². The second-order valence-corrected chi connectivity index (χ2v) is 5.71. The van der Waals surface area contributed by atoms with Crippen LogP contribution in [0.1, 0.15) is 0 Å². The molecule has 0 aliphatic heterocycles. The molecule has 0 spiro atoms. The highest BCUT2D eigenvalue weighted by Crippen LogP contribution is 2.50. The van der Waals surface area contributed by atoms with Crippen LogP contribution in [0.4, 0.5) is 0 Å². The Bertz CT molecular complexity index is 1050. The fourth-order valence-corrected chi connectivity index (χ4v) is 3.15. The second-order valence-electron chi connectivity index (χ2n) is 5.33. The number of hydrogen-bond donors (Lipinski definition) is 4. The van der Waals surface area contributed by atoms with Crippen LogP contribution in [-0.2, 0) is 0 Å². The van der Waals surface area contributed by atoms with Gasteiger partial charge in [0.05, 0.1) is 10.9 Å². The molecule has 0 bridgehead atoms. The minimum Gasteiger partial charge on any atom is -0.505 e. The Kier molecular flexibility index (Phi) is 2.89. The van der Waals surface area contributed by atoms with E-state index >= 15 is 0 Å². The fourth-order valence-electron chi connectivity index (χ4n) is 2.96. The summed E-state index contributed by atoms with van der Waals surface area (Å²) in [5, 5.41) is 31.2. The number of rotatable bonds is 1. The predicted molar refractivity (Wildman–Crippen MR) is 91.2 cm³/mol. The lowest BCUT2D eigenvalue weighted by atomic mass is 9.99. The third-order valence-corrected chi connectivity index (χ3v) is 4.38. The Labute approximate surface area is 136 Å². The Balaban J connectivity index is 2.24. The monoisotopic (exact) mass is 325 g/mol. The third kappa shape index (κ3) is 1.85. The largest absolute Gasteiger partial charge is 0.505 e. The van der Waals surface area contributed by atoms with Crippen LogP contribution in [-0.4, -0.2) is 20.3 Å².